The molecule has 2 atom stereocenters. The van der Waals surface area contributed by atoms with Gasteiger partial charge in [0.25, 0.3) is 0 Å². The Bertz CT molecular complexity index is 516. The van der Waals surface area contributed by atoms with Gasteiger partial charge in [-0.2, -0.15) is 0 Å². The molecule has 1 fully saturated rings. The van der Waals surface area contributed by atoms with Crippen molar-refractivity contribution in [2.45, 2.75) is 26.4 Å². The Labute approximate surface area is 119 Å². The van der Waals surface area contributed by atoms with E-state index in [4.69, 9.17) is 0 Å². The lowest BCUT2D eigenvalue weighted by molar-refractivity contribution is -0.128. The Morgan fingerprint density at radius 2 is 2.20 bits per heavy atom. The standard InChI is InChI=1S/C15H22N2O3/c1-10(18)12-5-4-11(8-13(12)19)17-7-6-15(2,9-17)14(20)16-3/h4-5,8,10,18-19H,6-7,9H2,1-3H3,(H,16,20). The van der Waals surface area contributed by atoms with Gasteiger partial charge in [-0.15, -0.1) is 0 Å². The van der Waals surface area contributed by atoms with Crippen LogP contribution < -0.4 is 10.2 Å². The smallest absolute Gasteiger partial charge is 0.227 e. The molecule has 0 spiro atoms. The molecule has 0 radical (unpaired) electrons. The highest BCUT2D eigenvalue weighted by Gasteiger charge is 2.39. The molecule has 0 saturated carbocycles. The first-order valence-electron chi connectivity index (χ1n) is 6.85. The van der Waals surface area contributed by atoms with Crippen molar-refractivity contribution in [1.82, 2.24) is 5.32 Å². The summed E-state index contributed by atoms with van der Waals surface area (Å²) < 4.78 is 0. The minimum atomic E-state index is -0.696. The molecule has 0 bridgehead atoms. The number of phenols is 1. The first kappa shape index (κ1) is 14.7. The maximum Gasteiger partial charge on any atom is 0.227 e. The molecule has 5 heteroatoms. The quantitative estimate of drug-likeness (QED) is 0.781. The van der Waals surface area contributed by atoms with Crippen molar-refractivity contribution in [3.05, 3.63) is 23.8 Å². The van der Waals surface area contributed by atoms with E-state index in [-0.39, 0.29) is 11.7 Å². The molecule has 1 aromatic carbocycles. The summed E-state index contributed by atoms with van der Waals surface area (Å²) in [6.07, 6.45) is 0.0877. The maximum absolute atomic E-state index is 11.9. The SMILES string of the molecule is CNC(=O)C1(C)CCN(c2ccc(C(C)O)c(O)c2)C1. The van der Waals surface area contributed by atoms with Crippen LogP contribution in [0.1, 0.15) is 31.9 Å². The van der Waals surface area contributed by atoms with Gasteiger partial charge in [0.15, 0.2) is 0 Å². The number of benzene rings is 1. The number of phenolic OH excluding ortho intramolecular Hbond substituents is 1. The number of nitrogens with zero attached hydrogens (tertiary/aromatic N) is 1. The molecule has 1 amide bonds. The van der Waals surface area contributed by atoms with Gasteiger partial charge in [0.2, 0.25) is 5.91 Å². The number of amides is 1. The number of aliphatic hydroxyl groups excluding tert-OH is 1. The molecule has 5 nitrogen and oxygen atoms in total. The molecule has 1 aromatic rings. The van der Waals surface area contributed by atoms with Crippen LogP contribution in [0.2, 0.25) is 0 Å². The molecule has 1 heterocycles. The van der Waals surface area contributed by atoms with Crippen LogP contribution in [-0.2, 0) is 4.79 Å². The van der Waals surface area contributed by atoms with Crippen LogP contribution in [0.3, 0.4) is 0 Å². The van der Waals surface area contributed by atoms with Gasteiger partial charge in [-0.05, 0) is 26.3 Å². The largest absolute Gasteiger partial charge is 0.507 e. The topological polar surface area (TPSA) is 72.8 Å². The molecule has 1 aliphatic heterocycles. The molecular formula is C15H22N2O3. The Balaban J connectivity index is 2.19. The molecular weight excluding hydrogens is 256 g/mol. The van der Waals surface area contributed by atoms with E-state index in [9.17, 15) is 15.0 Å². The highest BCUT2D eigenvalue weighted by molar-refractivity contribution is 5.83. The number of rotatable bonds is 3. The van der Waals surface area contributed by atoms with Gasteiger partial charge in [-0.1, -0.05) is 6.07 Å². The summed E-state index contributed by atoms with van der Waals surface area (Å²) in [5.74, 6) is 0.135. The number of carbonyl (C=O) groups is 1. The van der Waals surface area contributed by atoms with Crippen LogP contribution in [0, 0.1) is 5.41 Å². The predicted molar refractivity (Wildman–Crippen MR) is 77.7 cm³/mol. The monoisotopic (exact) mass is 278 g/mol. The Kier molecular flexibility index (Phi) is 3.90. The maximum atomic E-state index is 11.9. The van der Waals surface area contributed by atoms with Crippen LogP contribution in [0.5, 0.6) is 5.75 Å². The summed E-state index contributed by atoms with van der Waals surface area (Å²) >= 11 is 0. The first-order valence-corrected chi connectivity index (χ1v) is 6.85. The zero-order chi connectivity index (χ0) is 14.9. The summed E-state index contributed by atoms with van der Waals surface area (Å²) in [5.41, 5.74) is 0.995. The minimum Gasteiger partial charge on any atom is -0.507 e. The molecule has 0 aromatic heterocycles. The number of aromatic hydroxyl groups is 1. The van der Waals surface area contributed by atoms with Crippen molar-refractivity contribution >= 4 is 11.6 Å². The van der Waals surface area contributed by atoms with Gasteiger partial charge in [-0.25, -0.2) is 0 Å². The number of carbonyl (C=O) groups excluding carboxylic acids is 1. The van der Waals surface area contributed by atoms with Gasteiger partial charge in [0, 0.05) is 37.5 Å². The van der Waals surface area contributed by atoms with Crippen molar-refractivity contribution < 1.29 is 15.0 Å². The third-order valence-electron chi connectivity index (χ3n) is 4.08. The fourth-order valence-electron chi connectivity index (χ4n) is 2.75. The molecule has 20 heavy (non-hydrogen) atoms. The Hall–Kier alpha value is -1.75. The van der Waals surface area contributed by atoms with E-state index in [1.807, 2.05) is 13.0 Å². The lowest BCUT2D eigenvalue weighted by atomic mass is 9.89. The van der Waals surface area contributed by atoms with E-state index in [0.29, 0.717) is 12.1 Å². The van der Waals surface area contributed by atoms with Crippen molar-refractivity contribution in [1.29, 1.82) is 0 Å². The Morgan fingerprint density at radius 1 is 1.50 bits per heavy atom. The first-order chi connectivity index (χ1) is 9.37. The van der Waals surface area contributed by atoms with Gasteiger partial charge >= 0.3 is 0 Å². The van der Waals surface area contributed by atoms with Crippen molar-refractivity contribution in [2.75, 3.05) is 25.0 Å². The van der Waals surface area contributed by atoms with E-state index in [1.54, 1.807) is 26.1 Å². The van der Waals surface area contributed by atoms with Crippen LogP contribution in [0.4, 0.5) is 5.69 Å². The predicted octanol–water partition coefficient (Wildman–Crippen LogP) is 1.41. The van der Waals surface area contributed by atoms with Gasteiger partial charge < -0.3 is 20.4 Å². The van der Waals surface area contributed by atoms with Crippen LogP contribution in [-0.4, -0.2) is 36.3 Å². The van der Waals surface area contributed by atoms with Crippen molar-refractivity contribution in [3.8, 4) is 5.75 Å². The van der Waals surface area contributed by atoms with Crippen LogP contribution >= 0.6 is 0 Å². The number of hydrogen-bond acceptors (Lipinski definition) is 4. The zero-order valence-corrected chi connectivity index (χ0v) is 12.2. The summed E-state index contributed by atoms with van der Waals surface area (Å²) in [5, 5.41) is 22.2. The van der Waals surface area contributed by atoms with Gasteiger partial charge in [0.05, 0.1) is 11.5 Å². The fraction of sp³-hybridized carbons (Fsp3) is 0.533. The van der Waals surface area contributed by atoms with Crippen molar-refractivity contribution in [3.63, 3.8) is 0 Å². The molecule has 2 unspecified atom stereocenters. The highest BCUT2D eigenvalue weighted by Crippen LogP contribution is 2.36. The number of anilines is 1. The molecule has 2 rings (SSSR count). The Morgan fingerprint density at radius 3 is 2.75 bits per heavy atom. The molecule has 1 aliphatic rings. The van der Waals surface area contributed by atoms with Gasteiger partial charge in [0.1, 0.15) is 5.75 Å². The lowest BCUT2D eigenvalue weighted by Crippen LogP contribution is -2.39. The summed E-state index contributed by atoms with van der Waals surface area (Å²) in [4.78, 5) is 14.0. The second-order valence-electron chi connectivity index (χ2n) is 5.73. The average Bonchev–Trinajstić information content (AvgIpc) is 2.81. The van der Waals surface area contributed by atoms with E-state index in [0.717, 1.165) is 18.7 Å². The minimum absolute atomic E-state index is 0.0461. The van der Waals surface area contributed by atoms with E-state index in [2.05, 4.69) is 10.2 Å². The second kappa shape index (κ2) is 5.32. The summed E-state index contributed by atoms with van der Waals surface area (Å²) in [6, 6.07) is 5.25. The van der Waals surface area contributed by atoms with Crippen LogP contribution in [0.25, 0.3) is 0 Å². The molecule has 1 saturated heterocycles. The molecule has 0 aliphatic carbocycles. The average molecular weight is 278 g/mol. The second-order valence-corrected chi connectivity index (χ2v) is 5.73. The zero-order valence-electron chi connectivity index (χ0n) is 12.2. The third kappa shape index (κ3) is 2.58. The molecule has 3 N–H and O–H groups in total. The van der Waals surface area contributed by atoms with Gasteiger partial charge in [-0.3, -0.25) is 4.79 Å². The lowest BCUT2D eigenvalue weighted by Gasteiger charge is -2.24. The highest BCUT2D eigenvalue weighted by atomic mass is 16.3. The summed E-state index contributed by atoms with van der Waals surface area (Å²) in [7, 11) is 1.65. The number of nitrogens with one attached hydrogen (secondary N) is 1. The van der Waals surface area contributed by atoms with E-state index >= 15 is 0 Å². The number of hydrogen-bond donors (Lipinski definition) is 3. The summed E-state index contributed by atoms with van der Waals surface area (Å²) in [6.45, 7) is 4.97. The fourth-order valence-corrected chi connectivity index (χ4v) is 2.75. The van der Waals surface area contributed by atoms with Crippen molar-refractivity contribution in [2.24, 2.45) is 5.41 Å². The normalized spacial score (nSPS) is 23.7. The molecule has 110 valence electrons. The van der Waals surface area contributed by atoms with E-state index in [1.165, 1.54) is 0 Å². The van der Waals surface area contributed by atoms with E-state index < -0.39 is 11.5 Å². The van der Waals surface area contributed by atoms with Crippen LogP contribution in [0.15, 0.2) is 18.2 Å². The number of aliphatic hydroxyl groups is 1. The third-order valence-corrected chi connectivity index (χ3v) is 4.08.